The predicted octanol–water partition coefficient (Wildman–Crippen LogP) is 3.82. The van der Waals surface area contributed by atoms with Crippen LogP contribution in [-0.2, 0) is 9.53 Å². The van der Waals surface area contributed by atoms with Crippen LogP contribution in [0.25, 0.3) is 0 Å². The number of carbonyl (C=O) groups is 4. The van der Waals surface area contributed by atoms with Crippen molar-refractivity contribution in [2.24, 2.45) is 0 Å². The van der Waals surface area contributed by atoms with E-state index in [9.17, 15) is 19.2 Å². The van der Waals surface area contributed by atoms with E-state index in [0.717, 1.165) is 16.0 Å². The fraction of sp³-hybridized carbons (Fsp3) is 0.148. The third-order valence-corrected chi connectivity index (χ3v) is 5.65. The van der Waals surface area contributed by atoms with Crippen LogP contribution in [0.15, 0.2) is 66.7 Å². The summed E-state index contributed by atoms with van der Waals surface area (Å²) in [7, 11) is 0. The lowest BCUT2D eigenvalue weighted by Crippen LogP contribution is -2.35. The fourth-order valence-electron chi connectivity index (χ4n) is 3.84. The SMILES string of the molecule is Cc1ccc(C)c(N2C(=O)c3ccc(C(=O)OCC(=O)N(CC#N)c4ccccc4)cc3C2=O)c1. The number of benzene rings is 3. The minimum absolute atomic E-state index is 0.0343. The number of amides is 3. The molecule has 1 heterocycles. The summed E-state index contributed by atoms with van der Waals surface area (Å²) in [6.07, 6.45) is 0. The second kappa shape index (κ2) is 9.61. The number of esters is 1. The molecule has 4 rings (SSSR count). The molecule has 8 heteroatoms. The molecule has 0 saturated heterocycles. The van der Waals surface area contributed by atoms with Gasteiger partial charge in [0, 0.05) is 5.69 Å². The molecule has 0 fully saturated rings. The van der Waals surface area contributed by atoms with Crippen LogP contribution < -0.4 is 9.80 Å². The molecule has 0 unspecified atom stereocenters. The van der Waals surface area contributed by atoms with Gasteiger partial charge in [-0.1, -0.05) is 30.3 Å². The number of hydrogen-bond acceptors (Lipinski definition) is 6. The number of nitriles is 1. The third-order valence-electron chi connectivity index (χ3n) is 5.65. The van der Waals surface area contributed by atoms with E-state index in [-0.39, 0.29) is 23.2 Å². The van der Waals surface area contributed by atoms with E-state index in [2.05, 4.69) is 0 Å². The number of fused-ring (bicyclic) bond motifs is 1. The zero-order chi connectivity index (χ0) is 25.1. The first-order chi connectivity index (χ1) is 16.8. The van der Waals surface area contributed by atoms with Crippen molar-refractivity contribution in [2.75, 3.05) is 23.0 Å². The van der Waals surface area contributed by atoms with Gasteiger partial charge in [0.05, 0.1) is 28.4 Å². The molecule has 0 radical (unpaired) electrons. The van der Waals surface area contributed by atoms with Gasteiger partial charge in [0.1, 0.15) is 6.54 Å². The van der Waals surface area contributed by atoms with Gasteiger partial charge in [-0.05, 0) is 61.4 Å². The number of rotatable bonds is 6. The molecule has 3 aromatic rings. The van der Waals surface area contributed by atoms with Crippen LogP contribution in [-0.4, -0.2) is 36.8 Å². The number of anilines is 2. The van der Waals surface area contributed by atoms with Gasteiger partial charge in [0.15, 0.2) is 6.61 Å². The van der Waals surface area contributed by atoms with Gasteiger partial charge in [0.25, 0.3) is 17.7 Å². The largest absolute Gasteiger partial charge is 0.452 e. The summed E-state index contributed by atoms with van der Waals surface area (Å²) in [6, 6.07) is 20.1. The summed E-state index contributed by atoms with van der Waals surface area (Å²) in [6.45, 7) is 2.88. The zero-order valence-electron chi connectivity index (χ0n) is 19.1. The Bertz CT molecular complexity index is 1390. The van der Waals surface area contributed by atoms with Crippen molar-refractivity contribution in [3.8, 4) is 6.07 Å². The van der Waals surface area contributed by atoms with E-state index in [1.165, 1.54) is 23.1 Å². The highest BCUT2D eigenvalue weighted by Crippen LogP contribution is 2.32. The fourth-order valence-corrected chi connectivity index (χ4v) is 3.84. The minimum Gasteiger partial charge on any atom is -0.452 e. The Morgan fingerprint density at radius 2 is 1.66 bits per heavy atom. The van der Waals surface area contributed by atoms with Crippen molar-refractivity contribution < 1.29 is 23.9 Å². The predicted molar refractivity (Wildman–Crippen MR) is 128 cm³/mol. The maximum Gasteiger partial charge on any atom is 0.338 e. The molecular weight excluding hydrogens is 446 g/mol. The third kappa shape index (κ3) is 4.52. The first kappa shape index (κ1) is 23.4. The number of aryl methyl sites for hydroxylation is 2. The number of para-hydroxylation sites is 1. The monoisotopic (exact) mass is 467 g/mol. The average Bonchev–Trinajstić information content (AvgIpc) is 3.12. The Kier molecular flexibility index (Phi) is 6.42. The van der Waals surface area contributed by atoms with E-state index in [4.69, 9.17) is 10.00 Å². The molecule has 174 valence electrons. The van der Waals surface area contributed by atoms with Crippen LogP contribution >= 0.6 is 0 Å². The minimum atomic E-state index is -0.823. The summed E-state index contributed by atoms with van der Waals surface area (Å²) in [5, 5.41) is 9.06. The molecule has 0 bridgehead atoms. The molecular formula is C27H21N3O5. The number of imide groups is 1. The topological polar surface area (TPSA) is 108 Å². The maximum absolute atomic E-state index is 13.1. The lowest BCUT2D eigenvalue weighted by atomic mass is 10.1. The Balaban J connectivity index is 1.51. The summed E-state index contributed by atoms with van der Waals surface area (Å²) in [5.41, 5.74) is 2.97. The van der Waals surface area contributed by atoms with E-state index in [1.807, 2.05) is 32.0 Å². The molecule has 0 saturated carbocycles. The average molecular weight is 467 g/mol. The highest BCUT2D eigenvalue weighted by molar-refractivity contribution is 6.35. The molecule has 0 aromatic heterocycles. The summed E-state index contributed by atoms with van der Waals surface area (Å²) in [4.78, 5) is 53.6. The number of ether oxygens (including phenoxy) is 1. The van der Waals surface area contributed by atoms with Crippen molar-refractivity contribution in [2.45, 2.75) is 13.8 Å². The van der Waals surface area contributed by atoms with Crippen LogP contribution in [0.2, 0.25) is 0 Å². The highest BCUT2D eigenvalue weighted by Gasteiger charge is 2.38. The molecule has 0 N–H and O–H groups in total. The first-order valence-electron chi connectivity index (χ1n) is 10.8. The van der Waals surface area contributed by atoms with Crippen LogP contribution in [0.5, 0.6) is 0 Å². The molecule has 3 amide bonds. The Morgan fingerprint density at radius 3 is 2.37 bits per heavy atom. The molecule has 0 aliphatic carbocycles. The first-order valence-corrected chi connectivity index (χ1v) is 10.8. The van der Waals surface area contributed by atoms with E-state index in [1.54, 1.807) is 36.4 Å². The van der Waals surface area contributed by atoms with E-state index in [0.29, 0.717) is 11.4 Å². The maximum atomic E-state index is 13.1. The van der Waals surface area contributed by atoms with E-state index < -0.39 is 30.3 Å². The van der Waals surface area contributed by atoms with Crippen LogP contribution in [0, 0.1) is 25.2 Å². The second-order valence-corrected chi connectivity index (χ2v) is 8.05. The second-order valence-electron chi connectivity index (χ2n) is 8.05. The van der Waals surface area contributed by atoms with E-state index >= 15 is 0 Å². The molecule has 3 aromatic carbocycles. The van der Waals surface area contributed by atoms with Gasteiger partial charge in [-0.3, -0.25) is 19.3 Å². The van der Waals surface area contributed by atoms with Crippen molar-refractivity contribution in [1.82, 2.24) is 0 Å². The Morgan fingerprint density at radius 1 is 0.943 bits per heavy atom. The van der Waals surface area contributed by atoms with Gasteiger partial charge >= 0.3 is 5.97 Å². The number of hydrogen-bond donors (Lipinski definition) is 0. The Labute approximate surface area is 201 Å². The molecule has 1 aliphatic heterocycles. The lowest BCUT2D eigenvalue weighted by Gasteiger charge is -2.19. The summed E-state index contributed by atoms with van der Waals surface area (Å²) >= 11 is 0. The lowest BCUT2D eigenvalue weighted by molar-refractivity contribution is -0.121. The molecule has 1 aliphatic rings. The van der Waals surface area contributed by atoms with Gasteiger partial charge in [-0.25, -0.2) is 9.69 Å². The molecule has 8 nitrogen and oxygen atoms in total. The van der Waals surface area contributed by atoms with Crippen molar-refractivity contribution in [3.05, 3.63) is 94.5 Å². The van der Waals surface area contributed by atoms with Crippen molar-refractivity contribution in [3.63, 3.8) is 0 Å². The van der Waals surface area contributed by atoms with Crippen LogP contribution in [0.4, 0.5) is 11.4 Å². The van der Waals surface area contributed by atoms with Gasteiger partial charge in [0.2, 0.25) is 0 Å². The molecule has 0 atom stereocenters. The van der Waals surface area contributed by atoms with Gasteiger partial charge in [-0.2, -0.15) is 5.26 Å². The molecule has 35 heavy (non-hydrogen) atoms. The zero-order valence-corrected chi connectivity index (χ0v) is 19.1. The summed E-state index contributed by atoms with van der Waals surface area (Å²) < 4.78 is 5.16. The number of carbonyl (C=O) groups excluding carboxylic acids is 4. The van der Waals surface area contributed by atoms with Gasteiger partial charge in [-0.15, -0.1) is 0 Å². The van der Waals surface area contributed by atoms with Crippen molar-refractivity contribution in [1.29, 1.82) is 5.26 Å². The Hall–Kier alpha value is -4.77. The summed E-state index contributed by atoms with van der Waals surface area (Å²) in [5.74, 6) is -2.39. The molecule has 0 spiro atoms. The highest BCUT2D eigenvalue weighted by atomic mass is 16.5. The number of nitrogens with zero attached hydrogens (tertiary/aromatic N) is 3. The van der Waals surface area contributed by atoms with Crippen molar-refractivity contribution >= 4 is 35.1 Å². The smallest absolute Gasteiger partial charge is 0.338 e. The normalized spacial score (nSPS) is 12.2. The van der Waals surface area contributed by atoms with Crippen LogP contribution in [0.3, 0.4) is 0 Å². The van der Waals surface area contributed by atoms with Crippen LogP contribution in [0.1, 0.15) is 42.2 Å². The standard InChI is InChI=1S/C27H21N3O5/c1-17-8-9-18(2)23(14-17)30-25(32)21-11-10-19(15-22(21)26(30)33)27(34)35-16-24(31)29(13-12-28)20-6-4-3-5-7-20/h3-11,14-15H,13,16H2,1-2H3. The quantitative estimate of drug-likeness (QED) is 0.310. The van der Waals surface area contributed by atoms with Gasteiger partial charge < -0.3 is 4.74 Å².